The van der Waals surface area contributed by atoms with Gasteiger partial charge in [-0.2, -0.15) is 0 Å². The van der Waals surface area contributed by atoms with Gasteiger partial charge in [-0.25, -0.2) is 0 Å². The average molecular weight is 646 g/mol. The van der Waals surface area contributed by atoms with Gasteiger partial charge in [0.15, 0.2) is 18.4 Å². The summed E-state index contributed by atoms with van der Waals surface area (Å²) in [5.74, 6) is -2.84. The molecule has 250 valence electrons. The first-order valence-corrected chi connectivity index (χ1v) is 15.1. The van der Waals surface area contributed by atoms with Crippen LogP contribution in [0.1, 0.15) is 37.0 Å². The van der Waals surface area contributed by atoms with E-state index in [0.29, 0.717) is 19.7 Å². The van der Waals surface area contributed by atoms with Gasteiger partial charge in [0, 0.05) is 62.0 Å². The van der Waals surface area contributed by atoms with Crippen LogP contribution in [0, 0.1) is 0 Å². The fourth-order valence-corrected chi connectivity index (χ4v) is 7.17. The minimum absolute atomic E-state index is 0.0332. The Morgan fingerprint density at radius 2 is 1.78 bits per heavy atom. The van der Waals surface area contributed by atoms with Crippen molar-refractivity contribution in [3.63, 3.8) is 0 Å². The Morgan fingerprint density at radius 1 is 1.04 bits per heavy atom. The van der Waals surface area contributed by atoms with E-state index in [9.17, 15) is 40.5 Å². The van der Waals surface area contributed by atoms with Crippen LogP contribution in [-0.4, -0.2) is 123 Å². The van der Waals surface area contributed by atoms with Crippen molar-refractivity contribution in [1.82, 2.24) is 4.90 Å². The lowest BCUT2D eigenvalue weighted by atomic mass is 9.74. The van der Waals surface area contributed by atoms with Crippen LogP contribution in [0.3, 0.4) is 0 Å². The maximum Gasteiger partial charge on any atom is 0.190 e. The molecule has 0 amide bonds. The summed E-state index contributed by atoms with van der Waals surface area (Å²) in [6, 6.07) is 4.18. The van der Waals surface area contributed by atoms with E-state index in [1.165, 1.54) is 20.3 Å². The van der Waals surface area contributed by atoms with Crippen molar-refractivity contribution in [2.24, 2.45) is 0 Å². The number of nitrogens with zero attached hydrogens (tertiary/aromatic N) is 1. The monoisotopic (exact) mass is 645 g/mol. The molecule has 1 aliphatic carbocycles. The number of Topliss-reactive ketones (excluding diaryl/α,β-unsaturated/α-hetero) is 1. The number of aliphatic hydroxyl groups excluding tert-OH is 2. The third kappa shape index (κ3) is 5.18. The first kappa shape index (κ1) is 32.5. The van der Waals surface area contributed by atoms with E-state index in [-0.39, 0.29) is 44.8 Å². The summed E-state index contributed by atoms with van der Waals surface area (Å²) in [7, 11) is 2.91. The molecule has 0 spiro atoms. The van der Waals surface area contributed by atoms with Gasteiger partial charge in [-0.05, 0) is 13.0 Å². The highest BCUT2D eigenvalue weighted by Crippen LogP contribution is 2.57. The molecule has 0 unspecified atom stereocenters. The number of phenolic OH excluding ortho intramolecular Hbond substituents is 4. The molecule has 0 bridgehead atoms. The third-order valence-corrected chi connectivity index (χ3v) is 9.57. The number of hydrogen-bond acceptors (Lipinski definition) is 14. The molecular weight excluding hydrogens is 606 g/mol. The first-order valence-electron chi connectivity index (χ1n) is 15.1. The van der Waals surface area contributed by atoms with Gasteiger partial charge in [0.1, 0.15) is 41.0 Å². The number of aliphatic hydroxyl groups is 3. The van der Waals surface area contributed by atoms with Crippen molar-refractivity contribution < 1.29 is 64.2 Å². The van der Waals surface area contributed by atoms with Gasteiger partial charge < -0.3 is 59.4 Å². The smallest absolute Gasteiger partial charge is 0.190 e. The number of fused-ring (bicyclic) bond motifs is 3. The van der Waals surface area contributed by atoms with E-state index in [4.69, 9.17) is 23.7 Å². The zero-order chi connectivity index (χ0) is 33.1. The Morgan fingerprint density at radius 3 is 2.48 bits per heavy atom. The lowest BCUT2D eigenvalue weighted by molar-refractivity contribution is -0.266. The predicted octanol–water partition coefficient (Wildman–Crippen LogP) is 1.29. The molecule has 14 nitrogen and oxygen atoms in total. The second kappa shape index (κ2) is 12.3. The number of phenols is 4. The lowest BCUT2D eigenvalue weighted by Crippen LogP contribution is -2.59. The Labute approximate surface area is 263 Å². The lowest BCUT2D eigenvalue weighted by Gasteiger charge is -2.46. The van der Waals surface area contributed by atoms with Crippen molar-refractivity contribution in [3.8, 4) is 28.7 Å². The highest BCUT2D eigenvalue weighted by Gasteiger charge is 2.49. The summed E-state index contributed by atoms with van der Waals surface area (Å²) in [5.41, 5.74) is -2.37. The van der Waals surface area contributed by atoms with Gasteiger partial charge in [-0.15, -0.1) is 0 Å². The van der Waals surface area contributed by atoms with Crippen molar-refractivity contribution in [3.05, 3.63) is 29.3 Å². The van der Waals surface area contributed by atoms with E-state index in [1.54, 1.807) is 19.1 Å². The number of ketones is 1. The molecule has 2 aliphatic heterocycles. The van der Waals surface area contributed by atoms with Crippen LogP contribution < -0.4 is 4.74 Å². The summed E-state index contributed by atoms with van der Waals surface area (Å²) in [4.78, 5) is 14.9. The van der Waals surface area contributed by atoms with Crippen molar-refractivity contribution in [2.75, 3.05) is 40.5 Å². The predicted molar refractivity (Wildman–Crippen MR) is 161 cm³/mol. The summed E-state index contributed by atoms with van der Waals surface area (Å²) >= 11 is 0. The Balaban J connectivity index is 1.47. The molecule has 46 heavy (non-hydrogen) atoms. The normalized spacial score (nSPS) is 30.4. The van der Waals surface area contributed by atoms with Crippen molar-refractivity contribution >= 4 is 27.3 Å². The summed E-state index contributed by atoms with van der Waals surface area (Å²) in [6.07, 6.45) is -5.23. The molecule has 2 fully saturated rings. The highest BCUT2D eigenvalue weighted by molar-refractivity contribution is 6.17. The largest absolute Gasteiger partial charge is 0.507 e. The van der Waals surface area contributed by atoms with E-state index >= 15 is 0 Å². The third-order valence-electron chi connectivity index (χ3n) is 9.57. The quantitative estimate of drug-likeness (QED) is 0.143. The number of hydrogen-bond donors (Lipinski definition) is 7. The van der Waals surface area contributed by atoms with Gasteiger partial charge in [-0.3, -0.25) is 9.69 Å². The SMILES string of the molecule is COc1cccc2c(O)c3c(O)c4c(c(O)c3c(O)c12)[C@@H](O[C@H]1C[C@H](N2CCO[C@@H](OC)C2)[C@H](O)[C@H](C)O1)C[C@](O)(C(=O)CO)C4. The Kier molecular flexibility index (Phi) is 8.67. The van der Waals surface area contributed by atoms with Gasteiger partial charge in [0.2, 0.25) is 0 Å². The highest BCUT2D eigenvalue weighted by atomic mass is 16.7. The fraction of sp³-hybridized carbons (Fsp3) is 0.531. The van der Waals surface area contributed by atoms with Gasteiger partial charge in [0.05, 0.1) is 48.2 Å². The molecule has 3 aliphatic rings. The molecule has 2 saturated heterocycles. The zero-order valence-corrected chi connectivity index (χ0v) is 25.7. The number of morpholine rings is 1. The van der Waals surface area contributed by atoms with Crippen molar-refractivity contribution in [1.29, 1.82) is 0 Å². The second-order valence-corrected chi connectivity index (χ2v) is 12.1. The van der Waals surface area contributed by atoms with Crippen LogP contribution in [0.5, 0.6) is 28.7 Å². The minimum Gasteiger partial charge on any atom is -0.507 e. The molecule has 2 heterocycles. The van der Waals surface area contributed by atoms with Crippen LogP contribution >= 0.6 is 0 Å². The van der Waals surface area contributed by atoms with Crippen LogP contribution in [0.25, 0.3) is 21.5 Å². The number of carbonyl (C=O) groups excluding carboxylic acids is 1. The summed E-state index contributed by atoms with van der Waals surface area (Å²) < 4.78 is 28.7. The standard InChI is InChI=1S/C32H39NO13/c1-14-27(36)17(33-7-8-44-22(12-33)43-3)9-21(45-14)46-19-11-32(41,20(35)13-34)10-16-24(19)31(40)26-25(29(16)38)28(37)15-5-4-6-18(42-2)23(15)30(26)39/h4-6,14,17,19,21-22,27,34,36-41H,7-13H2,1-3H3/t14-,17-,19-,21-,22+,27+,32-/m0/s1. The Hall–Kier alpha value is -3.47. The fourth-order valence-electron chi connectivity index (χ4n) is 7.17. The molecular formula is C32H39NO13. The van der Waals surface area contributed by atoms with E-state index in [0.717, 1.165) is 0 Å². The van der Waals surface area contributed by atoms with Crippen molar-refractivity contribution in [2.45, 2.75) is 68.7 Å². The van der Waals surface area contributed by atoms with Gasteiger partial charge in [-0.1, -0.05) is 12.1 Å². The molecule has 7 N–H and O–H groups in total. The van der Waals surface area contributed by atoms with E-state index in [1.807, 2.05) is 4.90 Å². The molecule has 0 saturated carbocycles. The molecule has 7 atom stereocenters. The number of carbonyl (C=O) groups is 1. The van der Waals surface area contributed by atoms with E-state index in [2.05, 4.69) is 0 Å². The van der Waals surface area contributed by atoms with Crippen LogP contribution in [0.15, 0.2) is 18.2 Å². The first-order chi connectivity index (χ1) is 21.9. The van der Waals surface area contributed by atoms with E-state index < -0.39 is 90.8 Å². The summed E-state index contributed by atoms with van der Waals surface area (Å²) in [6.45, 7) is 1.95. The molecule has 6 rings (SSSR count). The Bertz CT molecular complexity index is 1660. The molecule has 0 aromatic heterocycles. The molecule has 3 aromatic carbocycles. The number of rotatable bonds is 7. The molecule has 0 radical (unpaired) electrons. The van der Waals surface area contributed by atoms with Crippen LogP contribution in [0.4, 0.5) is 0 Å². The maximum absolute atomic E-state index is 12.9. The topological polar surface area (TPSA) is 208 Å². The number of methoxy groups -OCH3 is 2. The maximum atomic E-state index is 12.9. The van der Waals surface area contributed by atoms with Gasteiger partial charge >= 0.3 is 0 Å². The summed E-state index contributed by atoms with van der Waals surface area (Å²) in [5, 5.41) is 78.1. The minimum atomic E-state index is -2.23. The molecule has 14 heteroatoms. The van der Waals surface area contributed by atoms with Crippen LogP contribution in [-0.2, 0) is 30.2 Å². The second-order valence-electron chi connectivity index (χ2n) is 12.1. The number of benzene rings is 3. The number of ether oxygens (including phenoxy) is 5. The van der Waals surface area contributed by atoms with Gasteiger partial charge in [0.25, 0.3) is 0 Å². The molecule has 3 aromatic rings. The zero-order valence-electron chi connectivity index (χ0n) is 25.7. The average Bonchev–Trinajstić information content (AvgIpc) is 3.05. The van der Waals surface area contributed by atoms with Crippen LogP contribution in [0.2, 0.25) is 0 Å². The number of aromatic hydroxyl groups is 4.